The van der Waals surface area contributed by atoms with Gasteiger partial charge in [0.1, 0.15) is 18.4 Å². The molecular formula is C23H39F4N7O2. The van der Waals surface area contributed by atoms with Crippen LogP contribution in [0, 0.1) is 17.8 Å². The third-order valence-corrected chi connectivity index (χ3v) is 8.14. The van der Waals surface area contributed by atoms with Crippen LogP contribution < -0.4 is 26.9 Å². The van der Waals surface area contributed by atoms with Crippen LogP contribution in [0.4, 0.5) is 17.6 Å². The number of nitrogens with zero attached hydrogens (tertiary/aromatic N) is 2. The van der Waals surface area contributed by atoms with E-state index >= 15 is 0 Å². The molecule has 0 bridgehead atoms. The van der Waals surface area contributed by atoms with E-state index in [2.05, 4.69) is 38.8 Å². The number of nitrogens with one attached hydrogen (secondary N) is 5. The highest BCUT2D eigenvalue weighted by molar-refractivity contribution is 5.98. The van der Waals surface area contributed by atoms with Crippen LogP contribution in [0.2, 0.25) is 0 Å². The molecule has 206 valence electrons. The predicted octanol–water partition coefficient (Wildman–Crippen LogP) is 1.32. The van der Waals surface area contributed by atoms with E-state index in [1.165, 1.54) is 12.1 Å². The van der Waals surface area contributed by atoms with Crippen LogP contribution >= 0.6 is 0 Å². The van der Waals surface area contributed by atoms with Crippen molar-refractivity contribution in [1.82, 2.24) is 31.9 Å². The summed E-state index contributed by atoms with van der Waals surface area (Å²) in [5.41, 5.74) is 8.56. The Balaban J connectivity index is 1.45. The number of hydrazine groups is 2. The summed E-state index contributed by atoms with van der Waals surface area (Å²) in [6, 6.07) is -1.97. The molecule has 2 aliphatic heterocycles. The van der Waals surface area contributed by atoms with Crippen molar-refractivity contribution in [2.75, 3.05) is 13.6 Å². The molecule has 13 heteroatoms. The Morgan fingerprint density at radius 1 is 1.11 bits per heavy atom. The molecular weight excluding hydrogens is 482 g/mol. The highest BCUT2D eigenvalue weighted by atomic mass is 19.4. The number of carbonyl (C=O) groups excluding carboxylic acids is 1. The van der Waals surface area contributed by atoms with Gasteiger partial charge in [-0.3, -0.25) is 15.5 Å². The van der Waals surface area contributed by atoms with Crippen LogP contribution in [-0.2, 0) is 4.79 Å². The second-order valence-electron chi connectivity index (χ2n) is 10.9. The Kier molecular flexibility index (Phi) is 8.75. The Hall–Kier alpha value is -1.54. The van der Waals surface area contributed by atoms with Crippen LogP contribution in [0.25, 0.3) is 0 Å². The van der Waals surface area contributed by atoms with Gasteiger partial charge in [0, 0.05) is 32.1 Å². The highest BCUT2D eigenvalue weighted by Crippen LogP contribution is 2.32. The van der Waals surface area contributed by atoms with Crippen LogP contribution in [0.15, 0.2) is 4.99 Å². The van der Waals surface area contributed by atoms with Crippen molar-refractivity contribution >= 4 is 11.9 Å². The third kappa shape index (κ3) is 6.66. The van der Waals surface area contributed by atoms with Crippen molar-refractivity contribution < 1.29 is 27.5 Å². The van der Waals surface area contributed by atoms with Crippen LogP contribution in [0.1, 0.15) is 58.3 Å². The van der Waals surface area contributed by atoms with Gasteiger partial charge in [-0.2, -0.15) is 13.2 Å². The van der Waals surface area contributed by atoms with Gasteiger partial charge in [-0.1, -0.05) is 19.8 Å². The van der Waals surface area contributed by atoms with E-state index in [0.717, 1.165) is 25.7 Å². The molecule has 9 nitrogen and oxygen atoms in total. The standard InChI is InChI=1S/C23H39F4N7O2/c1-12-5-3-4-6-16(12)28-22(30-21(36)14-11-34(2)33-20(14)23(25,26)27)29-19-10-17(31-32-19)13-7-8-18(35)15(24)9-13/h12-20,31-33,35H,3-11H2,1-2H3,(H2,28,29,30,36). The fraction of sp³-hybridized carbons (Fsp3) is 0.913. The van der Waals surface area contributed by atoms with E-state index in [1.807, 2.05) is 0 Å². The molecule has 0 aromatic carbocycles. The Bertz CT molecular complexity index is 801. The summed E-state index contributed by atoms with van der Waals surface area (Å²) in [7, 11) is 1.48. The lowest BCUT2D eigenvalue weighted by atomic mass is 9.81. The zero-order chi connectivity index (χ0) is 26.0. The second-order valence-corrected chi connectivity index (χ2v) is 10.9. The lowest BCUT2D eigenvalue weighted by Crippen LogP contribution is -2.54. The summed E-state index contributed by atoms with van der Waals surface area (Å²) in [6.07, 6.45) is -1.23. The molecule has 6 N–H and O–H groups in total. The van der Waals surface area contributed by atoms with Crippen LogP contribution in [0.5, 0.6) is 0 Å². The molecule has 0 spiro atoms. The number of hydrogen-bond acceptors (Lipinski definition) is 7. The SMILES string of the molecule is CC1CCCCC1N/C(=N/C1CC(C2CCC(O)C(F)C2)NN1)NC(=O)C1CN(C)NC1C(F)(F)F. The number of hydrogen-bond donors (Lipinski definition) is 6. The maximum Gasteiger partial charge on any atom is 0.405 e. The van der Waals surface area contributed by atoms with E-state index in [4.69, 9.17) is 0 Å². The summed E-state index contributed by atoms with van der Waals surface area (Å²) >= 11 is 0. The van der Waals surface area contributed by atoms with Crippen molar-refractivity contribution in [3.63, 3.8) is 0 Å². The van der Waals surface area contributed by atoms with E-state index < -0.39 is 42.5 Å². The fourth-order valence-corrected chi connectivity index (χ4v) is 5.95. The summed E-state index contributed by atoms with van der Waals surface area (Å²) < 4.78 is 54.6. The quantitative estimate of drug-likeness (QED) is 0.188. The van der Waals surface area contributed by atoms with Gasteiger partial charge in [-0.25, -0.2) is 25.2 Å². The molecule has 2 saturated heterocycles. The first-order chi connectivity index (χ1) is 17.0. The number of guanidine groups is 1. The maximum atomic E-state index is 14.0. The summed E-state index contributed by atoms with van der Waals surface area (Å²) in [4.78, 5) is 17.7. The first kappa shape index (κ1) is 27.5. The van der Waals surface area contributed by atoms with Gasteiger partial charge in [-0.05, 0) is 43.9 Å². The van der Waals surface area contributed by atoms with Gasteiger partial charge in [0.25, 0.3) is 0 Å². The molecule has 9 atom stereocenters. The molecule has 4 fully saturated rings. The zero-order valence-electron chi connectivity index (χ0n) is 20.8. The number of rotatable bonds is 4. The minimum atomic E-state index is -4.57. The number of carbonyl (C=O) groups is 1. The first-order valence-corrected chi connectivity index (χ1v) is 13.0. The first-order valence-electron chi connectivity index (χ1n) is 13.0. The number of halogens is 4. The van der Waals surface area contributed by atoms with Gasteiger partial charge >= 0.3 is 6.18 Å². The van der Waals surface area contributed by atoms with E-state index in [0.29, 0.717) is 25.2 Å². The van der Waals surface area contributed by atoms with Gasteiger partial charge in [0.05, 0.1) is 12.0 Å². The Morgan fingerprint density at radius 3 is 2.56 bits per heavy atom. The lowest BCUT2D eigenvalue weighted by molar-refractivity contribution is -0.168. The second kappa shape index (κ2) is 11.5. The predicted molar refractivity (Wildman–Crippen MR) is 126 cm³/mol. The van der Waals surface area contributed by atoms with Crippen LogP contribution in [0.3, 0.4) is 0 Å². The minimum Gasteiger partial charge on any atom is -0.390 e. The summed E-state index contributed by atoms with van der Waals surface area (Å²) in [5, 5.41) is 16.9. The average Bonchev–Trinajstić information content (AvgIpc) is 3.44. The zero-order valence-corrected chi connectivity index (χ0v) is 20.8. The molecule has 4 rings (SSSR count). The molecule has 2 saturated carbocycles. The normalized spacial score (nSPS) is 40.9. The molecule has 9 unspecified atom stereocenters. The number of aliphatic imine (C=N–C) groups is 1. The highest BCUT2D eigenvalue weighted by Gasteiger charge is 2.52. The Labute approximate surface area is 209 Å². The van der Waals surface area contributed by atoms with E-state index in [1.54, 1.807) is 0 Å². The van der Waals surface area contributed by atoms with Crippen LogP contribution in [-0.4, -0.2) is 78.3 Å². The van der Waals surface area contributed by atoms with Gasteiger partial charge in [0.2, 0.25) is 5.91 Å². The molecule has 2 heterocycles. The fourth-order valence-electron chi connectivity index (χ4n) is 5.95. The lowest BCUT2D eigenvalue weighted by Gasteiger charge is -2.32. The largest absolute Gasteiger partial charge is 0.405 e. The van der Waals surface area contributed by atoms with Crippen molar-refractivity contribution in [2.45, 2.75) is 101 Å². The third-order valence-electron chi connectivity index (χ3n) is 8.14. The maximum absolute atomic E-state index is 14.0. The summed E-state index contributed by atoms with van der Waals surface area (Å²) in [5.74, 6) is -1.53. The van der Waals surface area contributed by atoms with Gasteiger partial charge in [0.15, 0.2) is 5.96 Å². The van der Waals surface area contributed by atoms with Gasteiger partial charge < -0.3 is 10.4 Å². The molecule has 2 aliphatic carbocycles. The molecule has 36 heavy (non-hydrogen) atoms. The van der Waals surface area contributed by atoms with Crippen molar-refractivity contribution in [3.8, 4) is 0 Å². The van der Waals surface area contributed by atoms with Crippen molar-refractivity contribution in [2.24, 2.45) is 22.7 Å². The minimum absolute atomic E-state index is 0.0353. The smallest absolute Gasteiger partial charge is 0.390 e. The number of alkyl halides is 4. The van der Waals surface area contributed by atoms with Gasteiger partial charge in [-0.15, -0.1) is 0 Å². The topological polar surface area (TPSA) is 113 Å². The van der Waals surface area contributed by atoms with Crippen molar-refractivity contribution in [1.29, 1.82) is 0 Å². The van der Waals surface area contributed by atoms with Crippen molar-refractivity contribution in [3.05, 3.63) is 0 Å². The average molecular weight is 522 g/mol. The molecule has 1 amide bonds. The molecule has 0 aromatic rings. The molecule has 0 radical (unpaired) electrons. The van der Waals surface area contributed by atoms with E-state index in [-0.39, 0.29) is 36.9 Å². The number of aliphatic hydroxyl groups is 1. The monoisotopic (exact) mass is 521 g/mol. The number of aliphatic hydroxyl groups excluding tert-OH is 1. The van der Waals surface area contributed by atoms with E-state index in [9.17, 15) is 27.5 Å². The molecule has 4 aliphatic rings. The Morgan fingerprint density at radius 2 is 1.86 bits per heavy atom. The molecule has 0 aromatic heterocycles. The summed E-state index contributed by atoms with van der Waals surface area (Å²) in [6.45, 7) is 2.04. The number of amides is 1.